The van der Waals surface area contributed by atoms with E-state index in [1.807, 2.05) is 0 Å². The van der Waals surface area contributed by atoms with Gasteiger partial charge in [0.2, 0.25) is 9.84 Å². The quantitative estimate of drug-likeness (QED) is 0.378. The van der Waals surface area contributed by atoms with Crippen molar-refractivity contribution in [1.82, 2.24) is 0 Å². The third-order valence-corrected chi connectivity index (χ3v) is 12.0. The third kappa shape index (κ3) is 5.33. The number of hydrogen-bond donors (Lipinski definition) is 0. The maximum Gasteiger partial charge on any atom is 0.209 e. The van der Waals surface area contributed by atoms with Crippen molar-refractivity contribution in [3.05, 3.63) is 72.3 Å². The average molecular weight is 573 g/mol. The summed E-state index contributed by atoms with van der Waals surface area (Å²) in [7, 11) is -17.2. The van der Waals surface area contributed by atoms with Gasteiger partial charge in [0, 0.05) is 6.26 Å². The van der Waals surface area contributed by atoms with E-state index in [1.165, 1.54) is 49.4 Å². The number of hydrogen-bond acceptors (Lipinski definition) is 9. The van der Waals surface area contributed by atoms with Gasteiger partial charge in [-0.15, -0.1) is 0 Å². The molecule has 0 saturated carbocycles. The molecule has 0 N–H and O–H groups in total. The van der Waals surface area contributed by atoms with E-state index in [0.717, 1.165) is 13.4 Å². The Morgan fingerprint density at radius 1 is 0.694 bits per heavy atom. The second-order valence-corrected chi connectivity index (χ2v) is 15.8. The summed E-state index contributed by atoms with van der Waals surface area (Å²) in [5, 5.41) is 0. The SMILES string of the molecule is CCS(=O)(=O)c1c(OC)c(S(C)(=O)=O)cc(S(=O)(=O)Cc2ccccc2)c1S(=O)(=O)c1ccccc1. The molecule has 194 valence electrons. The highest BCUT2D eigenvalue weighted by Gasteiger charge is 2.40. The van der Waals surface area contributed by atoms with Crippen LogP contribution in [0.3, 0.4) is 0 Å². The maximum atomic E-state index is 13.8. The lowest BCUT2D eigenvalue weighted by molar-refractivity contribution is 0.385. The number of sulfone groups is 4. The second-order valence-electron chi connectivity index (χ2n) is 7.80. The fourth-order valence-electron chi connectivity index (χ4n) is 3.55. The molecule has 0 aromatic heterocycles. The molecule has 0 unspecified atom stereocenters. The summed E-state index contributed by atoms with van der Waals surface area (Å²) in [6.07, 6.45) is 0.742. The summed E-state index contributed by atoms with van der Waals surface area (Å²) < 4.78 is 112. The average Bonchev–Trinajstić information content (AvgIpc) is 2.82. The molecule has 0 heterocycles. The Bertz CT molecular complexity index is 1710. The Morgan fingerprint density at radius 2 is 1.22 bits per heavy atom. The molecule has 0 radical (unpaired) electrons. The zero-order chi connectivity index (χ0) is 26.9. The summed E-state index contributed by atoms with van der Waals surface area (Å²) >= 11 is 0. The van der Waals surface area contributed by atoms with Gasteiger partial charge in [0.05, 0.1) is 28.4 Å². The molecular formula is C23H24O9S4. The van der Waals surface area contributed by atoms with Gasteiger partial charge in [0.15, 0.2) is 35.3 Å². The smallest absolute Gasteiger partial charge is 0.209 e. The first-order valence-corrected chi connectivity index (χ1v) is 17.1. The molecule has 0 spiro atoms. The van der Waals surface area contributed by atoms with Crippen molar-refractivity contribution in [3.63, 3.8) is 0 Å². The molecule has 13 heteroatoms. The lowest BCUT2D eigenvalue weighted by atomic mass is 10.2. The molecule has 0 bridgehead atoms. The van der Waals surface area contributed by atoms with Crippen molar-refractivity contribution < 1.29 is 38.4 Å². The van der Waals surface area contributed by atoms with Crippen molar-refractivity contribution >= 4 is 39.3 Å². The van der Waals surface area contributed by atoms with Crippen LogP contribution in [0.4, 0.5) is 0 Å². The zero-order valence-electron chi connectivity index (χ0n) is 19.6. The fraction of sp³-hybridized carbons (Fsp3) is 0.217. The van der Waals surface area contributed by atoms with Gasteiger partial charge in [0.25, 0.3) is 0 Å². The minimum absolute atomic E-state index is 0.289. The summed E-state index contributed by atoms with van der Waals surface area (Å²) in [5.74, 6) is -2.11. The second kappa shape index (κ2) is 9.96. The lowest BCUT2D eigenvalue weighted by Gasteiger charge is -2.21. The van der Waals surface area contributed by atoms with Crippen molar-refractivity contribution in [2.45, 2.75) is 37.2 Å². The number of methoxy groups -OCH3 is 1. The van der Waals surface area contributed by atoms with Crippen molar-refractivity contribution in [1.29, 1.82) is 0 Å². The largest absolute Gasteiger partial charge is 0.494 e. The van der Waals surface area contributed by atoms with E-state index in [1.54, 1.807) is 18.2 Å². The predicted octanol–water partition coefficient (Wildman–Crippen LogP) is 2.70. The molecule has 0 aliphatic heterocycles. The molecule has 0 aliphatic rings. The molecule has 3 aromatic rings. The van der Waals surface area contributed by atoms with Crippen LogP contribution < -0.4 is 4.74 Å². The van der Waals surface area contributed by atoms with Gasteiger partial charge in [-0.3, -0.25) is 0 Å². The van der Waals surface area contributed by atoms with Crippen LogP contribution in [-0.2, 0) is 45.1 Å². The Labute approximate surface area is 211 Å². The van der Waals surface area contributed by atoms with Crippen LogP contribution in [0.5, 0.6) is 5.75 Å². The van der Waals surface area contributed by atoms with Gasteiger partial charge in [-0.25, -0.2) is 33.7 Å². The topological polar surface area (TPSA) is 146 Å². The minimum Gasteiger partial charge on any atom is -0.494 e. The molecule has 0 amide bonds. The molecule has 3 rings (SSSR count). The molecule has 0 atom stereocenters. The highest BCUT2D eigenvalue weighted by atomic mass is 32.2. The van der Waals surface area contributed by atoms with E-state index in [4.69, 9.17) is 4.74 Å². The van der Waals surface area contributed by atoms with E-state index in [0.29, 0.717) is 6.07 Å². The number of ether oxygens (including phenoxy) is 1. The first kappa shape index (κ1) is 27.8. The van der Waals surface area contributed by atoms with E-state index < -0.39 is 76.2 Å². The minimum atomic E-state index is -4.80. The normalized spacial score (nSPS) is 12.9. The number of benzene rings is 3. The fourth-order valence-corrected chi connectivity index (χ4v) is 10.1. The first-order valence-electron chi connectivity index (χ1n) is 10.4. The summed E-state index contributed by atoms with van der Waals surface area (Å²) in [6, 6.07) is 15.1. The Balaban J connectivity index is 2.62. The predicted molar refractivity (Wildman–Crippen MR) is 133 cm³/mol. The van der Waals surface area contributed by atoms with E-state index in [9.17, 15) is 33.7 Å². The standard InChI is InChI=1S/C23H24O9S4/c1-4-34(26,27)23-21(32-2)19(33(3,24)25)15-20(35(28,29)16-17-11-7-5-8-12-17)22(23)36(30,31)18-13-9-6-10-14-18/h5-15H,4,16H2,1-3H3. The Kier molecular flexibility index (Phi) is 7.70. The highest BCUT2D eigenvalue weighted by molar-refractivity contribution is 7.96. The summed E-state index contributed by atoms with van der Waals surface area (Å²) in [4.78, 5) is -4.12. The van der Waals surface area contributed by atoms with Gasteiger partial charge in [0.1, 0.15) is 14.7 Å². The van der Waals surface area contributed by atoms with Gasteiger partial charge < -0.3 is 4.74 Å². The van der Waals surface area contributed by atoms with Gasteiger partial charge in [-0.2, -0.15) is 0 Å². The molecule has 36 heavy (non-hydrogen) atoms. The van der Waals surface area contributed by atoms with Crippen LogP contribution in [0.15, 0.2) is 91.2 Å². The molecule has 0 aliphatic carbocycles. The van der Waals surface area contributed by atoms with Crippen LogP contribution in [-0.4, -0.2) is 52.8 Å². The van der Waals surface area contributed by atoms with Crippen LogP contribution in [0.1, 0.15) is 12.5 Å². The van der Waals surface area contributed by atoms with E-state index in [2.05, 4.69) is 0 Å². The summed E-state index contributed by atoms with van der Waals surface area (Å²) in [5.41, 5.74) is 0.289. The van der Waals surface area contributed by atoms with E-state index >= 15 is 0 Å². The van der Waals surface area contributed by atoms with Gasteiger partial charge in [-0.05, 0) is 23.8 Å². The van der Waals surface area contributed by atoms with Crippen LogP contribution in [0, 0.1) is 0 Å². The number of rotatable bonds is 9. The maximum absolute atomic E-state index is 13.8. The first-order chi connectivity index (χ1) is 16.7. The van der Waals surface area contributed by atoms with E-state index in [-0.39, 0.29) is 10.5 Å². The molecule has 0 saturated heterocycles. The monoisotopic (exact) mass is 572 g/mol. The van der Waals surface area contributed by atoms with Crippen LogP contribution in [0.25, 0.3) is 0 Å². The van der Waals surface area contributed by atoms with Gasteiger partial charge in [-0.1, -0.05) is 55.5 Å². The van der Waals surface area contributed by atoms with Crippen molar-refractivity contribution in [2.24, 2.45) is 0 Å². The third-order valence-electron chi connectivity index (χ3n) is 5.27. The summed E-state index contributed by atoms with van der Waals surface area (Å²) in [6.45, 7) is 1.22. The van der Waals surface area contributed by atoms with Crippen LogP contribution >= 0.6 is 0 Å². The zero-order valence-corrected chi connectivity index (χ0v) is 22.8. The highest BCUT2D eigenvalue weighted by Crippen LogP contribution is 2.44. The molecule has 0 fully saturated rings. The Morgan fingerprint density at radius 3 is 1.69 bits per heavy atom. The lowest BCUT2D eigenvalue weighted by Crippen LogP contribution is -2.20. The Hall–Kier alpha value is -2.74. The molecular weight excluding hydrogens is 549 g/mol. The van der Waals surface area contributed by atoms with Crippen LogP contribution in [0.2, 0.25) is 0 Å². The molecule has 9 nitrogen and oxygen atoms in total. The molecule has 3 aromatic carbocycles. The van der Waals surface area contributed by atoms with Crippen molar-refractivity contribution in [3.8, 4) is 5.75 Å². The van der Waals surface area contributed by atoms with Gasteiger partial charge >= 0.3 is 0 Å². The van der Waals surface area contributed by atoms with Crippen molar-refractivity contribution in [2.75, 3.05) is 19.1 Å².